The minimum Gasteiger partial charge on any atom is -0.486 e. The summed E-state index contributed by atoms with van der Waals surface area (Å²) in [4.78, 5) is 18.2. The summed E-state index contributed by atoms with van der Waals surface area (Å²) in [7, 11) is 0. The molecule has 0 unspecified atom stereocenters. The molecule has 2 heterocycles. The minimum atomic E-state index is -1.29. The second-order valence-corrected chi connectivity index (χ2v) is 10.1. The second kappa shape index (κ2) is 12.5. The molecule has 7 nitrogen and oxygen atoms in total. The average Bonchev–Trinajstić information content (AvgIpc) is 3.26. The van der Waals surface area contributed by atoms with Crippen molar-refractivity contribution >= 4 is 17.6 Å². The van der Waals surface area contributed by atoms with Gasteiger partial charge in [0.1, 0.15) is 24.9 Å². The van der Waals surface area contributed by atoms with Gasteiger partial charge in [0.2, 0.25) is 0 Å². The van der Waals surface area contributed by atoms with Crippen LogP contribution >= 0.6 is 11.6 Å². The summed E-state index contributed by atoms with van der Waals surface area (Å²) in [6.45, 7) is 5.22. The maximum atomic E-state index is 14.6. The van der Waals surface area contributed by atoms with E-state index in [1.165, 1.54) is 12.1 Å². The summed E-state index contributed by atoms with van der Waals surface area (Å²) < 4.78 is 28.2. The lowest BCUT2D eigenvalue weighted by Crippen LogP contribution is -2.25. The maximum absolute atomic E-state index is 14.6. The van der Waals surface area contributed by atoms with Crippen LogP contribution in [0.5, 0.6) is 11.5 Å². The predicted molar refractivity (Wildman–Crippen MR) is 151 cm³/mol. The molecule has 1 aliphatic heterocycles. The van der Waals surface area contributed by atoms with Crippen molar-refractivity contribution in [1.29, 1.82) is 0 Å². The van der Waals surface area contributed by atoms with E-state index in [4.69, 9.17) is 26.1 Å². The number of rotatable bonds is 11. The van der Waals surface area contributed by atoms with E-state index in [0.29, 0.717) is 55.1 Å². The zero-order chi connectivity index (χ0) is 28.1. The lowest BCUT2D eigenvalue weighted by Gasteiger charge is -2.25. The number of aromatic nitrogens is 2. The molecule has 9 heteroatoms. The highest BCUT2D eigenvalue weighted by Crippen LogP contribution is 2.32. The van der Waals surface area contributed by atoms with Gasteiger partial charge in [-0.05, 0) is 41.8 Å². The van der Waals surface area contributed by atoms with Gasteiger partial charge in [0.05, 0.1) is 11.3 Å². The fourth-order valence-corrected chi connectivity index (χ4v) is 5.13. The van der Waals surface area contributed by atoms with E-state index in [1.807, 2.05) is 48.5 Å². The van der Waals surface area contributed by atoms with Crippen LogP contribution in [-0.2, 0) is 26.2 Å². The van der Waals surface area contributed by atoms with Gasteiger partial charge >= 0.3 is 5.97 Å². The van der Waals surface area contributed by atoms with Crippen molar-refractivity contribution in [2.24, 2.45) is 0 Å². The van der Waals surface area contributed by atoms with Crippen molar-refractivity contribution in [3.05, 3.63) is 100 Å². The van der Waals surface area contributed by atoms with Gasteiger partial charge in [-0.15, -0.1) is 0 Å². The molecule has 0 fully saturated rings. The Morgan fingerprint density at radius 1 is 1.00 bits per heavy atom. The van der Waals surface area contributed by atoms with E-state index in [2.05, 4.69) is 16.4 Å². The van der Waals surface area contributed by atoms with E-state index in [0.717, 1.165) is 42.0 Å². The lowest BCUT2D eigenvalue weighted by molar-refractivity contribution is 0.0692. The third-order valence-corrected chi connectivity index (χ3v) is 7.15. The van der Waals surface area contributed by atoms with Crippen molar-refractivity contribution in [2.75, 3.05) is 13.2 Å². The smallest absolute Gasteiger partial charge is 0.338 e. The molecule has 1 N–H and O–H groups in total. The number of hydrogen-bond acceptors (Lipinski definition) is 5. The number of carbonyl (C=O) groups is 1. The molecule has 0 radical (unpaired) electrons. The van der Waals surface area contributed by atoms with Crippen LogP contribution < -0.4 is 9.47 Å². The molecule has 4 aromatic rings. The monoisotopic (exact) mass is 563 g/mol. The standard InChI is InChI=1S/C31H31ClFN3O4/c1-2-3-13-36-26(29(32)34-30(36)23-7-5-4-6-8-23)20-35(18-21-9-11-24(31(37)38)25(33)16-21)19-22-10-12-27-28(17-22)40-15-14-39-27/h4-12,16-17H,2-3,13-15,18-20H2,1H3,(H,37,38). The fraction of sp³-hybridized carbons (Fsp3) is 0.290. The topological polar surface area (TPSA) is 76.8 Å². The molecule has 0 aliphatic carbocycles. The molecule has 1 aromatic heterocycles. The number of aromatic carboxylic acids is 1. The largest absolute Gasteiger partial charge is 0.486 e. The average molecular weight is 564 g/mol. The Morgan fingerprint density at radius 3 is 2.40 bits per heavy atom. The van der Waals surface area contributed by atoms with Crippen LogP contribution in [0.4, 0.5) is 4.39 Å². The summed E-state index contributed by atoms with van der Waals surface area (Å²) in [5.74, 6) is 0.156. The number of ether oxygens (including phenoxy) is 2. The van der Waals surface area contributed by atoms with Gasteiger partial charge in [0.25, 0.3) is 0 Å². The van der Waals surface area contributed by atoms with Crippen molar-refractivity contribution in [3.63, 3.8) is 0 Å². The number of hydrogen-bond donors (Lipinski definition) is 1. The Labute approximate surface area is 237 Å². The molecule has 40 heavy (non-hydrogen) atoms. The van der Waals surface area contributed by atoms with Crippen molar-refractivity contribution in [3.8, 4) is 22.9 Å². The summed E-state index contributed by atoms with van der Waals surface area (Å²) in [6, 6.07) is 20.0. The number of nitrogens with zero attached hydrogens (tertiary/aromatic N) is 3. The summed E-state index contributed by atoms with van der Waals surface area (Å²) in [6.07, 6.45) is 1.98. The van der Waals surface area contributed by atoms with Crippen LogP contribution in [0.3, 0.4) is 0 Å². The third-order valence-electron chi connectivity index (χ3n) is 6.85. The highest BCUT2D eigenvalue weighted by atomic mass is 35.5. The molecule has 0 atom stereocenters. The van der Waals surface area contributed by atoms with E-state index >= 15 is 0 Å². The van der Waals surface area contributed by atoms with Crippen LogP contribution in [0.25, 0.3) is 11.4 Å². The van der Waals surface area contributed by atoms with Crippen LogP contribution in [0, 0.1) is 5.82 Å². The summed E-state index contributed by atoms with van der Waals surface area (Å²) in [5, 5.41) is 9.68. The van der Waals surface area contributed by atoms with Gasteiger partial charge in [0, 0.05) is 31.7 Å². The normalized spacial score (nSPS) is 12.6. The molecule has 0 saturated carbocycles. The number of halogens is 2. The van der Waals surface area contributed by atoms with Gasteiger partial charge in [-0.3, -0.25) is 4.90 Å². The maximum Gasteiger partial charge on any atom is 0.338 e. The minimum absolute atomic E-state index is 0.352. The molecule has 208 valence electrons. The molecule has 1 aliphatic rings. The van der Waals surface area contributed by atoms with Gasteiger partial charge in [-0.25, -0.2) is 14.2 Å². The zero-order valence-corrected chi connectivity index (χ0v) is 23.0. The van der Waals surface area contributed by atoms with E-state index in [-0.39, 0.29) is 5.56 Å². The van der Waals surface area contributed by atoms with Crippen LogP contribution in [0.15, 0.2) is 66.7 Å². The molecule has 5 rings (SSSR count). The first-order valence-electron chi connectivity index (χ1n) is 13.4. The second-order valence-electron chi connectivity index (χ2n) is 9.79. The molecular weight excluding hydrogens is 533 g/mol. The molecule has 0 saturated heterocycles. The fourth-order valence-electron chi connectivity index (χ4n) is 4.88. The Hall–Kier alpha value is -3.88. The first-order valence-corrected chi connectivity index (χ1v) is 13.7. The van der Waals surface area contributed by atoms with Gasteiger partial charge in [-0.2, -0.15) is 0 Å². The van der Waals surface area contributed by atoms with Crippen LogP contribution in [-0.4, -0.2) is 38.7 Å². The van der Waals surface area contributed by atoms with Crippen molar-refractivity contribution in [2.45, 2.75) is 45.9 Å². The van der Waals surface area contributed by atoms with Crippen molar-refractivity contribution in [1.82, 2.24) is 14.5 Å². The Balaban J connectivity index is 1.50. The highest BCUT2D eigenvalue weighted by molar-refractivity contribution is 6.30. The van der Waals surface area contributed by atoms with Crippen LogP contribution in [0.2, 0.25) is 5.15 Å². The molecule has 0 amide bonds. The number of fused-ring (bicyclic) bond motifs is 1. The third kappa shape index (κ3) is 6.29. The molecule has 0 bridgehead atoms. The number of unbranched alkanes of at least 4 members (excludes halogenated alkanes) is 1. The molecular formula is C31H31ClFN3O4. The first kappa shape index (κ1) is 27.7. The van der Waals surface area contributed by atoms with E-state index in [1.54, 1.807) is 6.07 Å². The quantitative estimate of drug-likeness (QED) is 0.216. The predicted octanol–water partition coefficient (Wildman–Crippen LogP) is 6.81. The van der Waals surface area contributed by atoms with Gasteiger partial charge in [-0.1, -0.05) is 67.4 Å². The number of imidazole rings is 1. The SMILES string of the molecule is CCCCn1c(-c2ccccc2)nc(Cl)c1CN(Cc1ccc(C(=O)O)c(F)c1)Cc1ccc2c(c1)OCCO2. The Bertz CT molecular complexity index is 1490. The highest BCUT2D eigenvalue weighted by Gasteiger charge is 2.22. The summed E-state index contributed by atoms with van der Waals surface area (Å²) >= 11 is 6.78. The molecule has 0 spiro atoms. The lowest BCUT2D eigenvalue weighted by atomic mass is 10.1. The van der Waals surface area contributed by atoms with Gasteiger partial charge < -0.3 is 19.1 Å². The number of carboxylic acids is 1. The first-order chi connectivity index (χ1) is 19.4. The van der Waals surface area contributed by atoms with E-state index in [9.17, 15) is 14.3 Å². The van der Waals surface area contributed by atoms with Crippen LogP contribution in [0.1, 0.15) is 46.9 Å². The summed E-state index contributed by atoms with van der Waals surface area (Å²) in [5.41, 5.74) is 3.14. The zero-order valence-electron chi connectivity index (χ0n) is 22.3. The van der Waals surface area contributed by atoms with Gasteiger partial charge in [0.15, 0.2) is 16.7 Å². The number of benzene rings is 3. The van der Waals surface area contributed by atoms with Crippen molar-refractivity contribution < 1.29 is 23.8 Å². The number of carboxylic acid groups (broad SMARTS) is 1. The Morgan fingerprint density at radius 2 is 1.70 bits per heavy atom. The Kier molecular flexibility index (Phi) is 8.67. The van der Waals surface area contributed by atoms with E-state index < -0.39 is 11.8 Å². The molecule has 3 aromatic carbocycles.